The average molecular weight is 302 g/mol. The fourth-order valence-corrected chi connectivity index (χ4v) is 3.42. The van der Waals surface area contributed by atoms with Crippen molar-refractivity contribution < 1.29 is 9.53 Å². The largest absolute Gasteiger partial charge is 0.374 e. The van der Waals surface area contributed by atoms with Crippen molar-refractivity contribution in [2.45, 2.75) is 44.9 Å². The van der Waals surface area contributed by atoms with E-state index in [1.807, 2.05) is 11.0 Å². The van der Waals surface area contributed by atoms with Crippen LogP contribution in [-0.4, -0.2) is 60.1 Å². The maximum Gasteiger partial charge on any atom is 0.240 e. The third-order valence-corrected chi connectivity index (χ3v) is 4.77. The van der Waals surface area contributed by atoms with E-state index in [0.29, 0.717) is 18.6 Å². The summed E-state index contributed by atoms with van der Waals surface area (Å²) in [7, 11) is 0. The van der Waals surface area contributed by atoms with E-state index in [9.17, 15) is 4.79 Å². The van der Waals surface area contributed by atoms with Crippen LogP contribution in [0.15, 0.2) is 30.3 Å². The predicted molar refractivity (Wildman–Crippen MR) is 86.7 cm³/mol. The minimum absolute atomic E-state index is 0.0930. The Hall–Kier alpha value is -1.39. The molecular formula is C18H26N2O2. The van der Waals surface area contributed by atoms with Gasteiger partial charge in [-0.15, -0.1) is 0 Å². The zero-order chi connectivity index (χ0) is 15.5. The quantitative estimate of drug-likeness (QED) is 0.852. The highest BCUT2D eigenvalue weighted by molar-refractivity contribution is 5.83. The van der Waals surface area contributed by atoms with Gasteiger partial charge in [-0.3, -0.25) is 9.69 Å². The normalized spacial score (nSPS) is 26.0. The topological polar surface area (TPSA) is 32.8 Å². The second-order valence-corrected chi connectivity index (χ2v) is 6.60. The van der Waals surface area contributed by atoms with Crippen molar-refractivity contribution in [3.05, 3.63) is 35.9 Å². The first kappa shape index (κ1) is 15.5. The molecule has 0 spiro atoms. The maximum absolute atomic E-state index is 12.7. The van der Waals surface area contributed by atoms with Gasteiger partial charge >= 0.3 is 0 Å². The van der Waals surface area contributed by atoms with Crippen LogP contribution in [0.3, 0.4) is 0 Å². The Bertz CT molecular complexity index is 503. The lowest BCUT2D eigenvalue weighted by molar-refractivity contribution is -0.150. The monoisotopic (exact) mass is 302 g/mol. The molecule has 1 aromatic rings. The van der Waals surface area contributed by atoms with E-state index in [4.69, 9.17) is 4.74 Å². The lowest BCUT2D eigenvalue weighted by Crippen LogP contribution is -2.61. The van der Waals surface area contributed by atoms with E-state index in [0.717, 1.165) is 32.5 Å². The third-order valence-electron chi connectivity index (χ3n) is 4.77. The fourth-order valence-electron chi connectivity index (χ4n) is 3.42. The highest BCUT2D eigenvalue weighted by Crippen LogP contribution is 2.23. The summed E-state index contributed by atoms with van der Waals surface area (Å²) in [5, 5.41) is 0. The molecule has 2 aliphatic heterocycles. The molecule has 120 valence electrons. The van der Waals surface area contributed by atoms with Crippen LogP contribution in [0.4, 0.5) is 0 Å². The number of rotatable bonds is 4. The third kappa shape index (κ3) is 3.33. The lowest BCUT2D eigenvalue weighted by Gasteiger charge is -2.46. The standard InChI is InChI=1S/C18H26N2O2/c1-14(2)20-9-8-17(20)18(21)19-10-11-22-16(13-19)12-15-6-4-3-5-7-15/h3-7,14,16-17H,8-13H2,1-2H3/t16?,17-/m0/s1. The van der Waals surface area contributed by atoms with Gasteiger partial charge in [-0.2, -0.15) is 0 Å². The second-order valence-electron chi connectivity index (χ2n) is 6.60. The Balaban J connectivity index is 1.57. The van der Waals surface area contributed by atoms with Crippen LogP contribution in [0.25, 0.3) is 0 Å². The molecule has 0 N–H and O–H groups in total. The number of amides is 1. The Morgan fingerprint density at radius 2 is 2.05 bits per heavy atom. The van der Waals surface area contributed by atoms with Crippen LogP contribution in [0, 0.1) is 0 Å². The van der Waals surface area contributed by atoms with E-state index >= 15 is 0 Å². The molecule has 0 bridgehead atoms. The van der Waals surface area contributed by atoms with Gasteiger partial charge in [0.25, 0.3) is 0 Å². The minimum atomic E-state index is 0.0930. The van der Waals surface area contributed by atoms with Crippen LogP contribution in [0.2, 0.25) is 0 Å². The van der Waals surface area contributed by atoms with Gasteiger partial charge in [-0.25, -0.2) is 0 Å². The van der Waals surface area contributed by atoms with E-state index in [1.54, 1.807) is 0 Å². The first-order valence-electron chi connectivity index (χ1n) is 8.35. The molecule has 0 aliphatic carbocycles. The number of hydrogen-bond donors (Lipinski definition) is 0. The zero-order valence-electron chi connectivity index (χ0n) is 13.6. The van der Waals surface area contributed by atoms with Crippen LogP contribution in [-0.2, 0) is 16.0 Å². The molecule has 2 heterocycles. The van der Waals surface area contributed by atoms with Gasteiger partial charge in [-0.05, 0) is 25.8 Å². The molecule has 3 rings (SSSR count). The van der Waals surface area contributed by atoms with Gasteiger partial charge in [0.2, 0.25) is 5.91 Å². The highest BCUT2D eigenvalue weighted by atomic mass is 16.5. The van der Waals surface area contributed by atoms with Crippen molar-refractivity contribution in [2.75, 3.05) is 26.2 Å². The van der Waals surface area contributed by atoms with Crippen molar-refractivity contribution in [3.8, 4) is 0 Å². The van der Waals surface area contributed by atoms with Crippen molar-refractivity contribution in [3.63, 3.8) is 0 Å². The average Bonchev–Trinajstić information content (AvgIpc) is 2.47. The number of morpholine rings is 1. The molecule has 1 amide bonds. The summed E-state index contributed by atoms with van der Waals surface area (Å²) in [6.07, 6.45) is 1.99. The molecule has 22 heavy (non-hydrogen) atoms. The smallest absolute Gasteiger partial charge is 0.240 e. The summed E-state index contributed by atoms with van der Waals surface area (Å²) in [6.45, 7) is 7.47. The SMILES string of the molecule is CC(C)N1CC[C@H]1C(=O)N1CCOC(Cc2ccccc2)C1. The first-order valence-corrected chi connectivity index (χ1v) is 8.35. The van der Waals surface area contributed by atoms with Gasteiger partial charge in [0.1, 0.15) is 0 Å². The maximum atomic E-state index is 12.7. The van der Waals surface area contributed by atoms with Crippen LogP contribution in [0.1, 0.15) is 25.8 Å². The van der Waals surface area contributed by atoms with Crippen molar-refractivity contribution in [2.24, 2.45) is 0 Å². The van der Waals surface area contributed by atoms with E-state index in [-0.39, 0.29) is 12.1 Å². The summed E-state index contributed by atoms with van der Waals surface area (Å²) in [5.41, 5.74) is 1.27. The summed E-state index contributed by atoms with van der Waals surface area (Å²) >= 11 is 0. The van der Waals surface area contributed by atoms with E-state index in [2.05, 4.69) is 43.0 Å². The van der Waals surface area contributed by atoms with E-state index < -0.39 is 0 Å². The minimum Gasteiger partial charge on any atom is -0.374 e. The molecule has 0 saturated carbocycles. The molecule has 4 nitrogen and oxygen atoms in total. The summed E-state index contributed by atoms with van der Waals surface area (Å²) in [6, 6.07) is 10.9. The second kappa shape index (κ2) is 6.80. The molecule has 0 radical (unpaired) electrons. The Morgan fingerprint density at radius 1 is 1.27 bits per heavy atom. The molecule has 0 aromatic heterocycles. The molecule has 2 aliphatic rings. The molecule has 2 atom stereocenters. The number of ether oxygens (including phenoxy) is 1. The van der Waals surface area contributed by atoms with Gasteiger partial charge in [0.15, 0.2) is 0 Å². The lowest BCUT2D eigenvalue weighted by atomic mass is 9.98. The highest BCUT2D eigenvalue weighted by Gasteiger charge is 2.39. The van der Waals surface area contributed by atoms with Gasteiger partial charge in [0.05, 0.1) is 18.8 Å². The number of hydrogen-bond acceptors (Lipinski definition) is 3. The number of carbonyl (C=O) groups excluding carboxylic acids is 1. The summed E-state index contributed by atoms with van der Waals surface area (Å²) < 4.78 is 5.86. The summed E-state index contributed by atoms with van der Waals surface area (Å²) in [5.74, 6) is 0.293. The Labute approximate surface area is 133 Å². The fraction of sp³-hybridized carbons (Fsp3) is 0.611. The van der Waals surface area contributed by atoms with Gasteiger partial charge < -0.3 is 9.64 Å². The molecule has 4 heteroatoms. The molecule has 2 saturated heterocycles. The van der Waals surface area contributed by atoms with Crippen molar-refractivity contribution in [1.82, 2.24) is 9.80 Å². The molecule has 1 unspecified atom stereocenters. The first-order chi connectivity index (χ1) is 10.6. The number of likely N-dealkylation sites (tertiary alicyclic amines) is 1. The number of benzene rings is 1. The Morgan fingerprint density at radius 3 is 2.68 bits per heavy atom. The number of nitrogens with zero attached hydrogens (tertiary/aromatic N) is 2. The van der Waals surface area contributed by atoms with Crippen molar-refractivity contribution in [1.29, 1.82) is 0 Å². The molecule has 2 fully saturated rings. The van der Waals surface area contributed by atoms with Crippen molar-refractivity contribution >= 4 is 5.91 Å². The molecular weight excluding hydrogens is 276 g/mol. The van der Waals surface area contributed by atoms with Crippen LogP contribution in [0.5, 0.6) is 0 Å². The number of carbonyl (C=O) groups is 1. The Kier molecular flexibility index (Phi) is 4.79. The zero-order valence-corrected chi connectivity index (χ0v) is 13.6. The van der Waals surface area contributed by atoms with E-state index in [1.165, 1.54) is 5.56 Å². The van der Waals surface area contributed by atoms with Gasteiger partial charge in [-0.1, -0.05) is 30.3 Å². The molecule has 1 aromatic carbocycles. The van der Waals surface area contributed by atoms with Crippen LogP contribution >= 0.6 is 0 Å². The summed E-state index contributed by atoms with van der Waals surface area (Å²) in [4.78, 5) is 17.0. The van der Waals surface area contributed by atoms with Crippen LogP contribution < -0.4 is 0 Å². The van der Waals surface area contributed by atoms with Gasteiger partial charge in [0, 0.05) is 32.1 Å². The predicted octanol–water partition coefficient (Wildman–Crippen LogP) is 1.94.